The Kier molecular flexibility index (Phi) is 5.41. The third kappa shape index (κ3) is 3.71. The predicted molar refractivity (Wildman–Crippen MR) is 102 cm³/mol. The van der Waals surface area contributed by atoms with Crippen molar-refractivity contribution >= 4 is 11.8 Å². The molecule has 0 spiro atoms. The number of amides is 2. The van der Waals surface area contributed by atoms with Crippen molar-refractivity contribution in [2.75, 3.05) is 26.2 Å². The normalized spacial score (nSPS) is 30.4. The van der Waals surface area contributed by atoms with Gasteiger partial charge in [0.15, 0.2) is 0 Å². The molecule has 4 saturated heterocycles. The average Bonchev–Trinajstić information content (AvgIpc) is 2.96. The summed E-state index contributed by atoms with van der Waals surface area (Å²) in [6.07, 6.45) is 5.77. The highest BCUT2D eigenvalue weighted by Gasteiger charge is 2.43. The molecule has 1 aromatic heterocycles. The number of carbonyl (C=O) groups is 2. The van der Waals surface area contributed by atoms with Gasteiger partial charge in [0.1, 0.15) is 5.69 Å². The molecular formula is C20H29N5O2. The van der Waals surface area contributed by atoms with E-state index in [0.717, 1.165) is 38.8 Å². The fourth-order valence-corrected chi connectivity index (χ4v) is 4.77. The largest absolute Gasteiger partial charge is 0.337 e. The van der Waals surface area contributed by atoms with Crippen molar-refractivity contribution in [3.63, 3.8) is 0 Å². The lowest BCUT2D eigenvalue weighted by Crippen LogP contribution is -2.52. The molecule has 2 N–H and O–H groups in total. The number of aromatic nitrogens is 1. The number of pyridine rings is 1. The highest BCUT2D eigenvalue weighted by molar-refractivity contribution is 5.92. The van der Waals surface area contributed by atoms with Crippen molar-refractivity contribution in [2.24, 2.45) is 11.8 Å². The van der Waals surface area contributed by atoms with E-state index in [1.807, 2.05) is 17.0 Å². The third-order valence-corrected chi connectivity index (χ3v) is 6.18. The van der Waals surface area contributed by atoms with Crippen LogP contribution >= 0.6 is 0 Å². The van der Waals surface area contributed by atoms with E-state index in [2.05, 4.69) is 27.7 Å². The minimum atomic E-state index is -0.0186. The monoisotopic (exact) mass is 371 g/mol. The first-order chi connectivity index (χ1) is 13.2. The van der Waals surface area contributed by atoms with Crippen molar-refractivity contribution in [1.29, 1.82) is 0 Å². The molecule has 2 unspecified atom stereocenters. The van der Waals surface area contributed by atoms with E-state index in [4.69, 9.17) is 0 Å². The standard InChI is InChI=1S/C20H29N5O2/c1-2-5-17-16(10-22-23-17)19(26)25-12-14-7-8-15(25)13-24(11-14)20(27)18-6-3-4-9-21-18/h3-4,6,9,14-17,22-23H,2,5,7-8,10-13H2,1H3/t14-,15+,16?,17?/m0/s1. The number of nitrogens with zero attached hydrogens (tertiary/aromatic N) is 3. The van der Waals surface area contributed by atoms with Crippen LogP contribution in [-0.4, -0.2) is 64.9 Å². The molecule has 0 aromatic carbocycles. The van der Waals surface area contributed by atoms with Gasteiger partial charge in [-0.2, -0.15) is 0 Å². The Morgan fingerprint density at radius 1 is 1.22 bits per heavy atom. The number of hydrogen-bond acceptors (Lipinski definition) is 5. The van der Waals surface area contributed by atoms with Crippen molar-refractivity contribution in [2.45, 2.75) is 44.7 Å². The van der Waals surface area contributed by atoms with E-state index in [-0.39, 0.29) is 29.8 Å². The van der Waals surface area contributed by atoms with E-state index in [1.54, 1.807) is 12.3 Å². The number of hydrogen-bond donors (Lipinski definition) is 2. The second kappa shape index (κ2) is 7.94. The van der Waals surface area contributed by atoms with Gasteiger partial charge in [-0.05, 0) is 37.3 Å². The highest BCUT2D eigenvalue weighted by atomic mass is 16.2. The van der Waals surface area contributed by atoms with E-state index >= 15 is 0 Å². The molecule has 1 aromatic rings. The van der Waals surface area contributed by atoms with Gasteiger partial charge >= 0.3 is 0 Å². The minimum Gasteiger partial charge on any atom is -0.337 e. The van der Waals surface area contributed by atoms with Crippen LogP contribution in [0.1, 0.15) is 43.1 Å². The molecule has 5 rings (SSSR count). The molecule has 2 amide bonds. The Morgan fingerprint density at radius 3 is 2.89 bits per heavy atom. The third-order valence-electron chi connectivity index (χ3n) is 6.18. The van der Waals surface area contributed by atoms with Gasteiger partial charge in [0.25, 0.3) is 5.91 Å². The van der Waals surface area contributed by atoms with Gasteiger partial charge in [0, 0.05) is 44.5 Å². The molecule has 7 nitrogen and oxygen atoms in total. The van der Waals surface area contributed by atoms with Gasteiger partial charge in [-0.25, -0.2) is 0 Å². The summed E-state index contributed by atoms with van der Waals surface area (Å²) in [6.45, 7) is 4.94. The summed E-state index contributed by atoms with van der Waals surface area (Å²) >= 11 is 0. The van der Waals surface area contributed by atoms with Crippen LogP contribution in [0, 0.1) is 11.8 Å². The lowest BCUT2D eigenvalue weighted by molar-refractivity contribution is -0.139. The zero-order chi connectivity index (χ0) is 18.8. The van der Waals surface area contributed by atoms with Gasteiger partial charge < -0.3 is 9.80 Å². The van der Waals surface area contributed by atoms with Gasteiger partial charge in [0.2, 0.25) is 5.91 Å². The van der Waals surface area contributed by atoms with E-state index in [9.17, 15) is 9.59 Å². The molecule has 0 saturated carbocycles. The van der Waals surface area contributed by atoms with Crippen molar-refractivity contribution < 1.29 is 9.59 Å². The zero-order valence-electron chi connectivity index (χ0n) is 15.9. The number of nitrogens with one attached hydrogen (secondary N) is 2. The molecule has 4 fully saturated rings. The summed E-state index contributed by atoms with van der Waals surface area (Å²) in [5.41, 5.74) is 6.92. The van der Waals surface area contributed by atoms with Crippen LogP contribution in [0.15, 0.2) is 24.4 Å². The summed E-state index contributed by atoms with van der Waals surface area (Å²) < 4.78 is 0. The predicted octanol–water partition coefficient (Wildman–Crippen LogP) is 1.04. The summed E-state index contributed by atoms with van der Waals surface area (Å²) in [4.78, 5) is 34.4. The van der Waals surface area contributed by atoms with Gasteiger partial charge in [-0.3, -0.25) is 25.4 Å². The quantitative estimate of drug-likeness (QED) is 0.827. The first-order valence-corrected chi connectivity index (χ1v) is 10.2. The van der Waals surface area contributed by atoms with Gasteiger partial charge in [-0.15, -0.1) is 0 Å². The first kappa shape index (κ1) is 18.4. The molecule has 0 radical (unpaired) electrons. The first-order valence-electron chi connectivity index (χ1n) is 10.2. The number of carbonyl (C=O) groups excluding carboxylic acids is 2. The summed E-state index contributed by atoms with van der Waals surface area (Å²) in [5.74, 6) is 0.569. The lowest BCUT2D eigenvalue weighted by atomic mass is 9.91. The molecular weight excluding hydrogens is 342 g/mol. The molecule has 7 heteroatoms. The Hall–Kier alpha value is -1.99. The Morgan fingerprint density at radius 2 is 2.11 bits per heavy atom. The smallest absolute Gasteiger partial charge is 0.272 e. The van der Waals surface area contributed by atoms with Crippen molar-refractivity contribution in [1.82, 2.24) is 25.6 Å². The molecule has 4 aliphatic heterocycles. The van der Waals surface area contributed by atoms with Crippen LogP contribution in [-0.2, 0) is 4.79 Å². The van der Waals surface area contributed by atoms with Crippen LogP contribution in [0.25, 0.3) is 0 Å². The number of hydrazine groups is 1. The Labute approximate surface area is 160 Å². The van der Waals surface area contributed by atoms with Gasteiger partial charge in [0.05, 0.1) is 5.92 Å². The topological polar surface area (TPSA) is 77.6 Å². The molecule has 27 heavy (non-hydrogen) atoms. The van der Waals surface area contributed by atoms with Crippen LogP contribution in [0.5, 0.6) is 0 Å². The zero-order valence-corrected chi connectivity index (χ0v) is 15.9. The maximum absolute atomic E-state index is 13.3. The summed E-state index contributed by atoms with van der Waals surface area (Å²) in [7, 11) is 0. The summed E-state index contributed by atoms with van der Waals surface area (Å²) in [6, 6.07) is 5.75. The SMILES string of the molecule is CCCC1NNCC1C(=O)N1C[C@H]2CC[C@@H]1CN(C(=O)c1ccccn1)C2. The van der Waals surface area contributed by atoms with Crippen LogP contribution in [0.3, 0.4) is 0 Å². The number of rotatable bonds is 4. The minimum absolute atomic E-state index is 0.00996. The number of piperidine rings is 1. The average molecular weight is 371 g/mol. The molecule has 146 valence electrons. The second-order valence-electron chi connectivity index (χ2n) is 8.04. The highest BCUT2D eigenvalue weighted by Crippen LogP contribution is 2.31. The van der Waals surface area contributed by atoms with Crippen molar-refractivity contribution in [3.8, 4) is 0 Å². The van der Waals surface area contributed by atoms with E-state index in [0.29, 0.717) is 24.7 Å². The van der Waals surface area contributed by atoms with E-state index in [1.165, 1.54) is 0 Å². The number of fused-ring (bicyclic) bond motifs is 4. The maximum atomic E-state index is 13.3. The summed E-state index contributed by atoms with van der Waals surface area (Å²) in [5, 5.41) is 0. The van der Waals surface area contributed by atoms with Crippen LogP contribution < -0.4 is 10.9 Å². The van der Waals surface area contributed by atoms with Crippen LogP contribution in [0.4, 0.5) is 0 Å². The Bertz CT molecular complexity index is 682. The fraction of sp³-hybridized carbons (Fsp3) is 0.650. The lowest BCUT2D eigenvalue weighted by Gasteiger charge is -2.38. The van der Waals surface area contributed by atoms with Crippen molar-refractivity contribution in [3.05, 3.63) is 30.1 Å². The van der Waals surface area contributed by atoms with Gasteiger partial charge in [-0.1, -0.05) is 19.4 Å². The van der Waals surface area contributed by atoms with Crippen LogP contribution in [0.2, 0.25) is 0 Å². The molecule has 5 heterocycles. The maximum Gasteiger partial charge on any atom is 0.272 e. The molecule has 2 bridgehead atoms. The molecule has 0 aliphatic carbocycles. The fourth-order valence-electron chi connectivity index (χ4n) is 4.77. The molecule has 4 atom stereocenters. The molecule has 4 aliphatic rings. The van der Waals surface area contributed by atoms with E-state index < -0.39 is 0 Å². The Balaban J connectivity index is 1.48. The second-order valence-corrected chi connectivity index (χ2v) is 8.04.